The van der Waals surface area contributed by atoms with Crippen LogP contribution in [-0.2, 0) is 3.74 Å². The Morgan fingerprint density at radius 1 is 1.09 bits per heavy atom. The van der Waals surface area contributed by atoms with Crippen molar-refractivity contribution in [3.63, 3.8) is 0 Å². The van der Waals surface area contributed by atoms with E-state index in [1.165, 1.54) is 12.8 Å². The molecule has 0 aliphatic rings. The first-order valence-electron chi connectivity index (χ1n) is 4.11. The molecule has 0 saturated carbocycles. The predicted octanol–water partition coefficient (Wildman–Crippen LogP) is 1.31. The van der Waals surface area contributed by atoms with Gasteiger partial charge in [0.25, 0.3) is 0 Å². The molecule has 0 rings (SSSR count). The van der Waals surface area contributed by atoms with Crippen LogP contribution in [0.4, 0.5) is 0 Å². The summed E-state index contributed by atoms with van der Waals surface area (Å²) in [6.07, 6.45) is 5.09. The predicted molar refractivity (Wildman–Crippen MR) is 44.4 cm³/mol. The maximum atomic E-state index is 10.4. The van der Waals surface area contributed by atoms with Gasteiger partial charge in [-0.15, -0.1) is 0 Å². The first kappa shape index (κ1) is 11.3. The van der Waals surface area contributed by atoms with Crippen LogP contribution in [0, 0.1) is 0 Å². The van der Waals surface area contributed by atoms with Crippen LogP contribution in [0.15, 0.2) is 0 Å². The number of hydrogen-bond donors (Lipinski definition) is 2. The fourth-order valence-electron chi connectivity index (χ4n) is 0.921. The van der Waals surface area contributed by atoms with Crippen LogP contribution in [0.2, 0.25) is 5.21 Å². The van der Waals surface area contributed by atoms with Crippen molar-refractivity contribution >= 4 is 14.2 Å². The second-order valence-electron chi connectivity index (χ2n) is 2.80. The number of unbranched alkanes of at least 4 members (excludes halogenated alkanes) is 4. The Balaban J connectivity index is 3.09. The third-order valence-corrected chi connectivity index (χ3v) is 3.44. The molecule has 0 heterocycles. The van der Waals surface area contributed by atoms with Gasteiger partial charge in [0.2, 0.25) is 0 Å². The quantitative estimate of drug-likeness (QED) is 0.528. The Kier molecular flexibility index (Phi) is 6.02. The Bertz CT molecular complexity index is 130. The summed E-state index contributed by atoms with van der Waals surface area (Å²) in [5, 5.41) is 0.113. The molecule has 0 atom stereocenters. The maximum absolute atomic E-state index is 10.4. The van der Waals surface area contributed by atoms with Gasteiger partial charge >= 0.3 is 70.3 Å². The fraction of sp³-hybridized carbons (Fsp3) is 1.00. The molecule has 0 fully saturated rings. The van der Waals surface area contributed by atoms with Gasteiger partial charge < -0.3 is 0 Å². The van der Waals surface area contributed by atoms with Crippen molar-refractivity contribution in [3.8, 4) is 0 Å². The molecule has 0 aromatic heterocycles. The van der Waals surface area contributed by atoms with Crippen LogP contribution in [0.5, 0.6) is 0 Å². The van der Waals surface area contributed by atoms with Crippen LogP contribution in [-0.4, -0.2) is 22.4 Å². The summed E-state index contributed by atoms with van der Waals surface area (Å²) in [6, 6.07) is 0. The van der Waals surface area contributed by atoms with Crippen LogP contribution >= 0.6 is 0 Å². The number of hydrogen-bond acceptors (Lipinski definition) is 1. The SMILES string of the molecule is CCCCCCC[As](=O)(O)O. The van der Waals surface area contributed by atoms with Crippen LogP contribution in [0.3, 0.4) is 0 Å². The molecule has 0 bridgehead atoms. The molecule has 0 aromatic rings. The van der Waals surface area contributed by atoms with Gasteiger partial charge in [-0.2, -0.15) is 0 Å². The van der Waals surface area contributed by atoms with E-state index in [2.05, 4.69) is 6.92 Å². The molecular formula is C7H17AsO3. The Labute approximate surface area is 70.8 Å². The van der Waals surface area contributed by atoms with Crippen LogP contribution < -0.4 is 0 Å². The van der Waals surface area contributed by atoms with Gasteiger partial charge in [0, 0.05) is 0 Å². The molecule has 0 unspecified atom stereocenters. The molecule has 0 saturated heterocycles. The zero-order valence-electron chi connectivity index (χ0n) is 6.99. The van der Waals surface area contributed by atoms with Gasteiger partial charge in [0.15, 0.2) is 0 Å². The summed E-state index contributed by atoms with van der Waals surface area (Å²) in [5.74, 6) is 0. The van der Waals surface area contributed by atoms with Gasteiger partial charge in [-0.25, -0.2) is 0 Å². The molecule has 0 aliphatic carbocycles. The van der Waals surface area contributed by atoms with Crippen molar-refractivity contribution in [2.24, 2.45) is 0 Å². The van der Waals surface area contributed by atoms with Crippen molar-refractivity contribution < 1.29 is 11.9 Å². The van der Waals surface area contributed by atoms with E-state index in [-0.39, 0.29) is 5.21 Å². The molecule has 11 heavy (non-hydrogen) atoms. The molecule has 0 spiro atoms. The molecule has 4 heteroatoms. The average molecular weight is 224 g/mol. The summed E-state index contributed by atoms with van der Waals surface area (Å²) in [7, 11) is 0. The second-order valence-corrected chi connectivity index (χ2v) is 6.53. The van der Waals surface area contributed by atoms with E-state index >= 15 is 0 Å². The van der Waals surface area contributed by atoms with Crippen molar-refractivity contribution in [2.75, 3.05) is 0 Å². The standard InChI is InChI=1S/C7H17AsO3/c1-2-3-4-5-6-7-8(9,10)11/h2-7H2,1H3,(H2,9,10,11). The fourth-order valence-corrected chi connectivity index (χ4v) is 2.25. The first-order chi connectivity index (χ1) is 5.06. The van der Waals surface area contributed by atoms with E-state index in [1.807, 2.05) is 0 Å². The zero-order valence-corrected chi connectivity index (χ0v) is 8.87. The third-order valence-electron chi connectivity index (χ3n) is 1.55. The summed E-state index contributed by atoms with van der Waals surface area (Å²) < 4.78 is 27.5. The molecule has 0 radical (unpaired) electrons. The molecule has 0 aliphatic heterocycles. The second kappa shape index (κ2) is 5.87. The summed E-state index contributed by atoms with van der Waals surface area (Å²) in [6.45, 7) is 2.12. The van der Waals surface area contributed by atoms with Crippen LogP contribution in [0.1, 0.15) is 39.0 Å². The van der Waals surface area contributed by atoms with E-state index in [0.29, 0.717) is 6.42 Å². The van der Waals surface area contributed by atoms with Crippen molar-refractivity contribution in [3.05, 3.63) is 0 Å². The molecule has 0 aromatic carbocycles. The van der Waals surface area contributed by atoms with Crippen molar-refractivity contribution in [1.29, 1.82) is 0 Å². The molecule has 2 N–H and O–H groups in total. The molecular weight excluding hydrogens is 207 g/mol. The molecule has 68 valence electrons. The first-order valence-corrected chi connectivity index (χ1v) is 7.88. The minimum absolute atomic E-state index is 0.113. The van der Waals surface area contributed by atoms with Crippen LogP contribution in [0.25, 0.3) is 0 Å². The van der Waals surface area contributed by atoms with Crippen molar-refractivity contribution in [1.82, 2.24) is 0 Å². The Hall–Kier alpha value is 0.278. The average Bonchev–Trinajstić information content (AvgIpc) is 1.85. The van der Waals surface area contributed by atoms with E-state index in [4.69, 9.17) is 8.19 Å². The van der Waals surface area contributed by atoms with E-state index in [1.54, 1.807) is 0 Å². The van der Waals surface area contributed by atoms with Gasteiger partial charge in [-0.05, 0) is 0 Å². The molecule has 3 nitrogen and oxygen atoms in total. The summed E-state index contributed by atoms with van der Waals surface area (Å²) >= 11 is -4.27. The molecule has 0 amide bonds. The van der Waals surface area contributed by atoms with E-state index in [0.717, 1.165) is 12.8 Å². The van der Waals surface area contributed by atoms with E-state index < -0.39 is 14.2 Å². The summed E-state index contributed by atoms with van der Waals surface area (Å²) in [4.78, 5) is 0. The van der Waals surface area contributed by atoms with Gasteiger partial charge in [0.05, 0.1) is 0 Å². The Morgan fingerprint density at radius 3 is 2.09 bits per heavy atom. The monoisotopic (exact) mass is 224 g/mol. The van der Waals surface area contributed by atoms with E-state index in [9.17, 15) is 3.74 Å². The van der Waals surface area contributed by atoms with Gasteiger partial charge in [-0.3, -0.25) is 0 Å². The van der Waals surface area contributed by atoms with Gasteiger partial charge in [0.1, 0.15) is 0 Å². The normalized spacial score (nSPS) is 11.9. The number of rotatable bonds is 6. The minimum atomic E-state index is -4.27. The topological polar surface area (TPSA) is 57.5 Å². The summed E-state index contributed by atoms with van der Waals surface area (Å²) in [5.41, 5.74) is 0. The van der Waals surface area contributed by atoms with Crippen molar-refractivity contribution in [2.45, 2.75) is 44.2 Å². The third kappa shape index (κ3) is 10.3. The zero-order chi connectivity index (χ0) is 8.74. The van der Waals surface area contributed by atoms with Gasteiger partial charge in [-0.1, -0.05) is 0 Å². The Morgan fingerprint density at radius 2 is 1.64 bits per heavy atom.